The predicted molar refractivity (Wildman–Crippen MR) is 71.5 cm³/mol. The first kappa shape index (κ1) is 12.4. The third kappa shape index (κ3) is 3.77. The van der Waals surface area contributed by atoms with Crippen molar-refractivity contribution >= 4 is 23.1 Å². The van der Waals surface area contributed by atoms with Gasteiger partial charge in [0.1, 0.15) is 0 Å². The number of thioether (sulfide) groups is 1. The number of hydrogen-bond donors (Lipinski definition) is 1. The average molecular weight is 257 g/mol. The minimum absolute atomic E-state index is 0.437. The standard InChI is InChI=1S/C12H19NOS2/c1-10(11-4-2-7-14-11)13-6-9-16-12-5-3-8-15-12/h3,5,8,10-11,13H,2,4,6-7,9H2,1H3. The van der Waals surface area contributed by atoms with Crippen LogP contribution in [0.3, 0.4) is 0 Å². The van der Waals surface area contributed by atoms with Gasteiger partial charge in [-0.1, -0.05) is 6.07 Å². The SMILES string of the molecule is CC(NCCSc1cccs1)C1CCCO1. The Bertz CT molecular complexity index is 283. The van der Waals surface area contributed by atoms with Crippen LogP contribution < -0.4 is 5.32 Å². The van der Waals surface area contributed by atoms with Gasteiger partial charge >= 0.3 is 0 Å². The largest absolute Gasteiger partial charge is 0.377 e. The zero-order valence-electron chi connectivity index (χ0n) is 9.65. The Balaban J connectivity index is 1.57. The van der Waals surface area contributed by atoms with Gasteiger partial charge in [-0.05, 0) is 31.2 Å². The van der Waals surface area contributed by atoms with Crippen molar-refractivity contribution in [2.45, 2.75) is 36.1 Å². The molecule has 0 spiro atoms. The molecule has 2 rings (SSSR count). The van der Waals surface area contributed by atoms with Gasteiger partial charge in [0.15, 0.2) is 0 Å². The Kier molecular flexibility index (Phi) is 5.16. The molecule has 1 saturated heterocycles. The summed E-state index contributed by atoms with van der Waals surface area (Å²) in [6, 6.07) is 4.78. The Hall–Kier alpha value is -0.0300. The van der Waals surface area contributed by atoms with Crippen molar-refractivity contribution in [1.82, 2.24) is 5.32 Å². The Morgan fingerprint density at radius 1 is 1.69 bits per heavy atom. The van der Waals surface area contributed by atoms with Gasteiger partial charge in [0.2, 0.25) is 0 Å². The molecule has 2 unspecified atom stereocenters. The number of hydrogen-bond acceptors (Lipinski definition) is 4. The smallest absolute Gasteiger partial charge is 0.0726 e. The summed E-state index contributed by atoms with van der Waals surface area (Å²) in [5, 5.41) is 5.68. The van der Waals surface area contributed by atoms with Gasteiger partial charge in [0.05, 0.1) is 10.3 Å². The van der Waals surface area contributed by atoms with Crippen LogP contribution in [0.25, 0.3) is 0 Å². The second-order valence-corrected chi connectivity index (χ2v) is 6.42. The molecule has 2 atom stereocenters. The van der Waals surface area contributed by atoms with Crippen molar-refractivity contribution in [2.24, 2.45) is 0 Å². The molecule has 90 valence electrons. The Morgan fingerprint density at radius 2 is 2.62 bits per heavy atom. The summed E-state index contributed by atoms with van der Waals surface area (Å²) < 4.78 is 7.06. The molecular formula is C12H19NOS2. The predicted octanol–water partition coefficient (Wildman–Crippen LogP) is 3.00. The van der Waals surface area contributed by atoms with E-state index in [1.807, 2.05) is 23.1 Å². The summed E-state index contributed by atoms with van der Waals surface area (Å²) in [7, 11) is 0. The van der Waals surface area contributed by atoms with E-state index >= 15 is 0 Å². The van der Waals surface area contributed by atoms with Crippen LogP contribution >= 0.6 is 23.1 Å². The van der Waals surface area contributed by atoms with Crippen LogP contribution in [0.5, 0.6) is 0 Å². The van der Waals surface area contributed by atoms with Gasteiger partial charge in [-0.2, -0.15) is 0 Å². The molecule has 1 aromatic heterocycles. The van der Waals surface area contributed by atoms with E-state index in [2.05, 4.69) is 29.8 Å². The maximum absolute atomic E-state index is 5.65. The summed E-state index contributed by atoms with van der Waals surface area (Å²) in [6.45, 7) is 4.23. The molecule has 0 amide bonds. The first-order chi connectivity index (χ1) is 7.86. The minimum Gasteiger partial charge on any atom is -0.377 e. The van der Waals surface area contributed by atoms with Crippen LogP contribution in [0.2, 0.25) is 0 Å². The quantitative estimate of drug-likeness (QED) is 0.625. The lowest BCUT2D eigenvalue weighted by atomic mass is 10.1. The second kappa shape index (κ2) is 6.64. The summed E-state index contributed by atoms with van der Waals surface area (Å²) >= 11 is 3.74. The molecule has 1 aliphatic heterocycles. The first-order valence-corrected chi connectivity index (χ1v) is 7.74. The van der Waals surface area contributed by atoms with E-state index < -0.39 is 0 Å². The topological polar surface area (TPSA) is 21.3 Å². The third-order valence-corrected chi connectivity index (χ3v) is 4.96. The molecule has 1 aromatic rings. The van der Waals surface area contributed by atoms with Crippen molar-refractivity contribution in [3.63, 3.8) is 0 Å². The van der Waals surface area contributed by atoms with Gasteiger partial charge < -0.3 is 10.1 Å². The molecule has 0 radical (unpaired) electrons. The van der Waals surface area contributed by atoms with E-state index in [9.17, 15) is 0 Å². The van der Waals surface area contributed by atoms with Crippen LogP contribution in [0.4, 0.5) is 0 Å². The summed E-state index contributed by atoms with van der Waals surface area (Å²) in [5.74, 6) is 1.14. The number of ether oxygens (including phenoxy) is 1. The molecule has 0 bridgehead atoms. The van der Waals surface area contributed by atoms with Crippen molar-refractivity contribution in [3.05, 3.63) is 17.5 Å². The van der Waals surface area contributed by atoms with Crippen molar-refractivity contribution in [3.8, 4) is 0 Å². The minimum atomic E-state index is 0.437. The lowest BCUT2D eigenvalue weighted by molar-refractivity contribution is 0.0844. The monoisotopic (exact) mass is 257 g/mol. The van der Waals surface area contributed by atoms with Gasteiger partial charge in [-0.3, -0.25) is 0 Å². The Labute approximate surface area is 106 Å². The molecule has 16 heavy (non-hydrogen) atoms. The van der Waals surface area contributed by atoms with Crippen LogP contribution in [-0.2, 0) is 4.74 Å². The molecule has 4 heteroatoms. The van der Waals surface area contributed by atoms with Crippen molar-refractivity contribution in [1.29, 1.82) is 0 Å². The maximum Gasteiger partial charge on any atom is 0.0726 e. The molecular weight excluding hydrogens is 238 g/mol. The van der Waals surface area contributed by atoms with Crippen LogP contribution in [0.15, 0.2) is 21.7 Å². The molecule has 1 aliphatic rings. The van der Waals surface area contributed by atoms with E-state index in [0.29, 0.717) is 12.1 Å². The average Bonchev–Trinajstić information content (AvgIpc) is 2.96. The van der Waals surface area contributed by atoms with Gasteiger partial charge in [-0.25, -0.2) is 0 Å². The van der Waals surface area contributed by atoms with Crippen LogP contribution in [-0.4, -0.2) is 31.1 Å². The van der Waals surface area contributed by atoms with E-state index in [4.69, 9.17) is 4.74 Å². The summed E-state index contributed by atoms with van der Waals surface area (Å²) in [5.41, 5.74) is 0. The normalized spacial score (nSPS) is 22.4. The molecule has 0 aliphatic carbocycles. The van der Waals surface area contributed by atoms with Crippen molar-refractivity contribution < 1.29 is 4.74 Å². The molecule has 2 heterocycles. The fourth-order valence-corrected chi connectivity index (χ4v) is 3.65. The summed E-state index contributed by atoms with van der Waals surface area (Å²) in [6.07, 6.45) is 2.87. The highest BCUT2D eigenvalue weighted by molar-refractivity contribution is 8.01. The number of rotatable bonds is 6. The lowest BCUT2D eigenvalue weighted by Crippen LogP contribution is -2.38. The molecule has 2 nitrogen and oxygen atoms in total. The van der Waals surface area contributed by atoms with E-state index in [-0.39, 0.29) is 0 Å². The van der Waals surface area contributed by atoms with Gasteiger partial charge in [0, 0.05) is 24.9 Å². The zero-order valence-corrected chi connectivity index (χ0v) is 11.3. The highest BCUT2D eigenvalue weighted by atomic mass is 32.2. The maximum atomic E-state index is 5.65. The zero-order chi connectivity index (χ0) is 11.2. The van der Waals surface area contributed by atoms with Crippen LogP contribution in [0.1, 0.15) is 19.8 Å². The highest BCUT2D eigenvalue weighted by Crippen LogP contribution is 2.22. The lowest BCUT2D eigenvalue weighted by Gasteiger charge is -2.19. The Morgan fingerprint density at radius 3 is 3.31 bits per heavy atom. The van der Waals surface area contributed by atoms with Gasteiger partial charge in [0.25, 0.3) is 0 Å². The van der Waals surface area contributed by atoms with E-state index in [1.54, 1.807) is 0 Å². The van der Waals surface area contributed by atoms with E-state index in [0.717, 1.165) is 18.9 Å². The molecule has 0 saturated carbocycles. The third-order valence-electron chi connectivity index (χ3n) is 2.83. The van der Waals surface area contributed by atoms with E-state index in [1.165, 1.54) is 17.1 Å². The fraction of sp³-hybridized carbons (Fsp3) is 0.667. The first-order valence-electron chi connectivity index (χ1n) is 5.87. The summed E-state index contributed by atoms with van der Waals surface area (Å²) in [4.78, 5) is 0. The van der Waals surface area contributed by atoms with Gasteiger partial charge in [-0.15, -0.1) is 23.1 Å². The van der Waals surface area contributed by atoms with Crippen molar-refractivity contribution in [2.75, 3.05) is 18.9 Å². The fourth-order valence-electron chi connectivity index (χ4n) is 1.91. The molecule has 1 N–H and O–H groups in total. The molecule has 0 aromatic carbocycles. The number of thiophene rings is 1. The highest BCUT2D eigenvalue weighted by Gasteiger charge is 2.21. The van der Waals surface area contributed by atoms with Crippen LogP contribution in [0, 0.1) is 0 Å². The molecule has 1 fully saturated rings. The number of nitrogens with one attached hydrogen (secondary N) is 1. The second-order valence-electron chi connectivity index (χ2n) is 4.07.